The fraction of sp³-hybridized carbons (Fsp3) is 0.550. The maximum absolute atomic E-state index is 12.9. The summed E-state index contributed by atoms with van der Waals surface area (Å²) in [5, 5.41) is 0. The smallest absolute Gasteiger partial charge is 0.242 e. The molecule has 3 rings (SSSR count). The first-order valence-electron chi connectivity index (χ1n) is 9.46. The largest absolute Gasteiger partial charge is 0.311 e. The molecule has 1 aromatic carbocycles. The molecule has 6 heteroatoms. The summed E-state index contributed by atoms with van der Waals surface area (Å²) in [5.74, 6) is -0.139. The fourth-order valence-corrected chi connectivity index (χ4v) is 4.56. The molecule has 0 saturated heterocycles. The number of carbonyl (C=O) groups excluding carboxylic acids is 1. The Morgan fingerprint density at radius 1 is 1.15 bits per heavy atom. The average Bonchev–Trinajstić information content (AvgIpc) is 2.64. The number of benzene rings is 1. The molecule has 0 unspecified atom stereocenters. The van der Waals surface area contributed by atoms with E-state index < -0.39 is 10.0 Å². The van der Waals surface area contributed by atoms with Crippen LogP contribution in [0.1, 0.15) is 44.1 Å². The van der Waals surface area contributed by atoms with Crippen LogP contribution in [0.3, 0.4) is 0 Å². The topological polar surface area (TPSA) is 57.7 Å². The van der Waals surface area contributed by atoms with Crippen molar-refractivity contribution >= 4 is 21.6 Å². The second kappa shape index (κ2) is 8.35. The van der Waals surface area contributed by atoms with Crippen molar-refractivity contribution in [3.05, 3.63) is 41.5 Å². The Bertz CT molecular complexity index is 786. The maximum Gasteiger partial charge on any atom is 0.242 e. The Morgan fingerprint density at radius 2 is 1.96 bits per heavy atom. The number of allylic oxidation sites excluding steroid dienone is 1. The van der Waals surface area contributed by atoms with Crippen LogP contribution >= 0.6 is 0 Å². The van der Waals surface area contributed by atoms with Gasteiger partial charge in [-0.1, -0.05) is 29.8 Å². The lowest BCUT2D eigenvalue weighted by molar-refractivity contribution is -0.118. The molecule has 0 saturated carbocycles. The molecule has 0 atom stereocenters. The summed E-state index contributed by atoms with van der Waals surface area (Å²) >= 11 is 0. The zero-order chi connectivity index (χ0) is 18.6. The van der Waals surface area contributed by atoms with E-state index in [1.54, 1.807) is 4.90 Å². The number of aryl methyl sites for hydroxylation is 1. The van der Waals surface area contributed by atoms with Crippen molar-refractivity contribution in [2.45, 2.75) is 44.9 Å². The highest BCUT2D eigenvalue weighted by Gasteiger charge is 2.27. The SMILES string of the molecule is CS(=O)(=O)N(CCC1=CCCCC1)CC(=O)N1CCCc2ccccc21. The zero-order valence-electron chi connectivity index (χ0n) is 15.5. The first-order chi connectivity index (χ1) is 12.4. The molecule has 0 N–H and O–H groups in total. The first kappa shape index (κ1) is 19.1. The van der Waals surface area contributed by atoms with E-state index in [0.29, 0.717) is 13.1 Å². The quantitative estimate of drug-likeness (QED) is 0.717. The summed E-state index contributed by atoms with van der Waals surface area (Å²) in [6.45, 7) is 0.949. The molecule has 1 aliphatic heterocycles. The van der Waals surface area contributed by atoms with Crippen LogP contribution < -0.4 is 4.90 Å². The Balaban J connectivity index is 1.69. The normalized spacial score (nSPS) is 17.8. The lowest BCUT2D eigenvalue weighted by Gasteiger charge is -2.31. The van der Waals surface area contributed by atoms with Crippen molar-refractivity contribution in [3.63, 3.8) is 0 Å². The van der Waals surface area contributed by atoms with Crippen LogP contribution in [0, 0.1) is 0 Å². The van der Waals surface area contributed by atoms with Crippen molar-refractivity contribution < 1.29 is 13.2 Å². The van der Waals surface area contributed by atoms with Crippen molar-refractivity contribution in [2.24, 2.45) is 0 Å². The predicted octanol–water partition coefficient (Wildman–Crippen LogP) is 3.12. The lowest BCUT2D eigenvalue weighted by atomic mass is 9.97. The molecule has 1 aliphatic carbocycles. The number of para-hydroxylation sites is 1. The Hall–Kier alpha value is -1.66. The highest BCUT2D eigenvalue weighted by molar-refractivity contribution is 7.88. The van der Waals surface area contributed by atoms with Crippen LogP contribution in [0.4, 0.5) is 5.69 Å². The molecule has 5 nitrogen and oxygen atoms in total. The summed E-state index contributed by atoms with van der Waals surface area (Å²) in [5.41, 5.74) is 3.40. The van der Waals surface area contributed by atoms with Gasteiger partial charge in [-0.25, -0.2) is 8.42 Å². The van der Waals surface area contributed by atoms with Gasteiger partial charge in [0.1, 0.15) is 0 Å². The molecule has 2 aliphatic rings. The Labute approximate surface area is 156 Å². The van der Waals surface area contributed by atoms with E-state index in [2.05, 4.69) is 6.08 Å². The van der Waals surface area contributed by atoms with Crippen LogP contribution in [0.2, 0.25) is 0 Å². The molecule has 1 heterocycles. The summed E-state index contributed by atoms with van der Waals surface area (Å²) in [6.07, 6.45) is 10.5. The molecule has 0 fully saturated rings. The van der Waals surface area contributed by atoms with Crippen LogP contribution in [0.25, 0.3) is 0 Å². The van der Waals surface area contributed by atoms with E-state index in [9.17, 15) is 13.2 Å². The van der Waals surface area contributed by atoms with Crippen molar-refractivity contribution in [1.29, 1.82) is 0 Å². The number of hydrogen-bond acceptors (Lipinski definition) is 3. The minimum absolute atomic E-state index is 0.0829. The van der Waals surface area contributed by atoms with Gasteiger partial charge in [0.15, 0.2) is 0 Å². The van der Waals surface area contributed by atoms with E-state index in [1.807, 2.05) is 24.3 Å². The summed E-state index contributed by atoms with van der Waals surface area (Å²) in [4.78, 5) is 14.6. The predicted molar refractivity (Wildman–Crippen MR) is 105 cm³/mol. The minimum atomic E-state index is -3.42. The molecule has 0 aromatic heterocycles. The van der Waals surface area contributed by atoms with Crippen LogP contribution in [0.5, 0.6) is 0 Å². The molecule has 0 spiro atoms. The molecule has 0 bridgehead atoms. The third kappa shape index (κ3) is 4.74. The number of fused-ring (bicyclic) bond motifs is 1. The van der Waals surface area contributed by atoms with Gasteiger partial charge in [-0.15, -0.1) is 0 Å². The molecular formula is C20H28N2O3S. The van der Waals surface area contributed by atoms with Gasteiger partial charge < -0.3 is 4.90 Å². The van der Waals surface area contributed by atoms with Gasteiger partial charge in [-0.05, 0) is 56.6 Å². The van der Waals surface area contributed by atoms with E-state index in [0.717, 1.165) is 43.4 Å². The summed E-state index contributed by atoms with van der Waals surface area (Å²) in [7, 11) is -3.42. The molecule has 0 radical (unpaired) electrons. The second-order valence-electron chi connectivity index (χ2n) is 7.23. The van der Waals surface area contributed by atoms with Gasteiger partial charge in [0.05, 0.1) is 12.8 Å². The monoisotopic (exact) mass is 376 g/mol. The zero-order valence-corrected chi connectivity index (χ0v) is 16.3. The lowest BCUT2D eigenvalue weighted by Crippen LogP contribution is -2.44. The standard InChI is InChI=1S/C20H28N2O3S/c1-26(24,25)21(15-13-17-8-3-2-4-9-17)16-20(23)22-14-7-11-18-10-5-6-12-19(18)22/h5-6,8,10,12H,2-4,7,9,11,13-16H2,1H3. The number of carbonyl (C=O) groups is 1. The highest BCUT2D eigenvalue weighted by Crippen LogP contribution is 2.27. The second-order valence-corrected chi connectivity index (χ2v) is 9.21. The van der Waals surface area contributed by atoms with Gasteiger partial charge in [-0.2, -0.15) is 4.31 Å². The fourth-order valence-electron chi connectivity index (χ4n) is 3.79. The molecule has 142 valence electrons. The van der Waals surface area contributed by atoms with Crippen LogP contribution in [-0.4, -0.2) is 44.5 Å². The Morgan fingerprint density at radius 3 is 2.69 bits per heavy atom. The van der Waals surface area contributed by atoms with Gasteiger partial charge >= 0.3 is 0 Å². The first-order valence-corrected chi connectivity index (χ1v) is 11.3. The van der Waals surface area contributed by atoms with Crippen molar-refractivity contribution in [2.75, 3.05) is 30.8 Å². The van der Waals surface area contributed by atoms with Gasteiger partial charge in [-0.3, -0.25) is 4.79 Å². The van der Waals surface area contributed by atoms with E-state index >= 15 is 0 Å². The number of hydrogen-bond donors (Lipinski definition) is 0. The number of sulfonamides is 1. The molecule has 1 aromatic rings. The van der Waals surface area contributed by atoms with Gasteiger partial charge in [0.25, 0.3) is 0 Å². The van der Waals surface area contributed by atoms with Crippen molar-refractivity contribution in [1.82, 2.24) is 4.31 Å². The van der Waals surface area contributed by atoms with Crippen LogP contribution in [0.15, 0.2) is 35.9 Å². The van der Waals surface area contributed by atoms with Crippen molar-refractivity contribution in [3.8, 4) is 0 Å². The molecular weight excluding hydrogens is 348 g/mol. The Kier molecular flexibility index (Phi) is 6.14. The summed E-state index contributed by atoms with van der Waals surface area (Å²) in [6, 6.07) is 7.89. The molecule has 1 amide bonds. The minimum Gasteiger partial charge on any atom is -0.311 e. The number of rotatable bonds is 6. The number of amides is 1. The van der Waals surface area contributed by atoms with E-state index in [4.69, 9.17) is 0 Å². The highest BCUT2D eigenvalue weighted by atomic mass is 32.2. The van der Waals surface area contributed by atoms with Crippen LogP contribution in [-0.2, 0) is 21.2 Å². The third-order valence-corrected chi connectivity index (χ3v) is 6.51. The number of nitrogens with zero attached hydrogens (tertiary/aromatic N) is 2. The van der Waals surface area contributed by atoms with Gasteiger partial charge in [0, 0.05) is 18.8 Å². The average molecular weight is 377 g/mol. The van der Waals surface area contributed by atoms with Gasteiger partial charge in [0.2, 0.25) is 15.9 Å². The number of anilines is 1. The summed E-state index contributed by atoms with van der Waals surface area (Å²) < 4.78 is 25.7. The third-order valence-electron chi connectivity index (χ3n) is 5.26. The van der Waals surface area contributed by atoms with E-state index in [-0.39, 0.29) is 12.5 Å². The molecule has 26 heavy (non-hydrogen) atoms. The maximum atomic E-state index is 12.9. The van der Waals surface area contributed by atoms with E-state index in [1.165, 1.54) is 29.0 Å².